The SMILES string of the molecule is CN1C(=O)N(C)[C@](C)(c2ccccc2)C1=O. The fourth-order valence-corrected chi connectivity index (χ4v) is 2.05. The molecule has 0 aliphatic carbocycles. The summed E-state index contributed by atoms with van der Waals surface area (Å²) in [5.41, 5.74) is -0.0483. The van der Waals surface area contributed by atoms with Crippen molar-refractivity contribution in [1.82, 2.24) is 9.80 Å². The molecule has 3 amide bonds. The molecule has 4 heteroatoms. The molecule has 0 spiro atoms. The lowest BCUT2D eigenvalue weighted by atomic mass is 9.91. The maximum Gasteiger partial charge on any atom is 0.327 e. The third-order valence-electron chi connectivity index (χ3n) is 3.30. The van der Waals surface area contributed by atoms with Crippen LogP contribution in [0.25, 0.3) is 0 Å². The first-order chi connectivity index (χ1) is 7.49. The van der Waals surface area contributed by atoms with E-state index in [9.17, 15) is 9.59 Å². The molecular weight excluding hydrogens is 204 g/mol. The minimum Gasteiger partial charge on any atom is -0.309 e. The maximum atomic E-state index is 12.1. The van der Waals surface area contributed by atoms with Gasteiger partial charge in [0, 0.05) is 14.1 Å². The number of likely N-dealkylation sites (N-methyl/N-ethyl adjacent to an activating group) is 2. The van der Waals surface area contributed by atoms with E-state index < -0.39 is 5.54 Å². The number of carbonyl (C=O) groups excluding carboxylic acids is 2. The van der Waals surface area contributed by atoms with Crippen molar-refractivity contribution in [1.29, 1.82) is 0 Å². The summed E-state index contributed by atoms with van der Waals surface area (Å²) in [6.07, 6.45) is 0. The molecule has 0 unspecified atom stereocenters. The highest BCUT2D eigenvalue weighted by atomic mass is 16.2. The molecule has 0 bridgehead atoms. The lowest BCUT2D eigenvalue weighted by molar-refractivity contribution is -0.131. The Labute approximate surface area is 94.5 Å². The van der Waals surface area contributed by atoms with E-state index in [1.54, 1.807) is 14.0 Å². The number of benzene rings is 1. The number of hydrogen-bond donors (Lipinski definition) is 0. The monoisotopic (exact) mass is 218 g/mol. The van der Waals surface area contributed by atoms with Gasteiger partial charge in [0.25, 0.3) is 5.91 Å². The largest absolute Gasteiger partial charge is 0.327 e. The van der Waals surface area contributed by atoms with Crippen molar-refractivity contribution in [3.8, 4) is 0 Å². The van der Waals surface area contributed by atoms with E-state index in [-0.39, 0.29) is 11.9 Å². The molecule has 0 radical (unpaired) electrons. The number of nitrogens with zero attached hydrogens (tertiary/aromatic N) is 2. The van der Waals surface area contributed by atoms with Crippen molar-refractivity contribution in [3.05, 3.63) is 35.9 Å². The molecule has 84 valence electrons. The Hall–Kier alpha value is -1.84. The van der Waals surface area contributed by atoms with Gasteiger partial charge in [-0.05, 0) is 12.5 Å². The lowest BCUT2D eigenvalue weighted by Crippen LogP contribution is -2.41. The normalized spacial score (nSPS) is 25.4. The minimum atomic E-state index is -0.882. The Balaban J connectivity index is 2.54. The zero-order valence-electron chi connectivity index (χ0n) is 9.60. The van der Waals surface area contributed by atoms with Crippen molar-refractivity contribution < 1.29 is 9.59 Å². The zero-order chi connectivity index (χ0) is 11.9. The van der Waals surface area contributed by atoms with Crippen LogP contribution in [0.4, 0.5) is 4.79 Å². The van der Waals surface area contributed by atoms with Crippen molar-refractivity contribution in [2.24, 2.45) is 0 Å². The van der Waals surface area contributed by atoms with Gasteiger partial charge in [-0.1, -0.05) is 30.3 Å². The lowest BCUT2D eigenvalue weighted by Gasteiger charge is -2.28. The first-order valence-corrected chi connectivity index (χ1v) is 5.11. The molecule has 1 aliphatic heterocycles. The van der Waals surface area contributed by atoms with Gasteiger partial charge in [0.1, 0.15) is 5.54 Å². The van der Waals surface area contributed by atoms with Crippen LogP contribution < -0.4 is 0 Å². The van der Waals surface area contributed by atoms with Crippen LogP contribution >= 0.6 is 0 Å². The van der Waals surface area contributed by atoms with E-state index in [2.05, 4.69) is 0 Å². The van der Waals surface area contributed by atoms with Gasteiger partial charge in [-0.3, -0.25) is 9.69 Å². The number of imide groups is 1. The predicted octanol–water partition coefficient (Wildman–Crippen LogP) is 1.43. The Morgan fingerprint density at radius 1 is 1.06 bits per heavy atom. The van der Waals surface area contributed by atoms with Gasteiger partial charge < -0.3 is 4.90 Å². The van der Waals surface area contributed by atoms with Crippen LogP contribution in [-0.4, -0.2) is 35.8 Å². The summed E-state index contributed by atoms with van der Waals surface area (Å²) in [5, 5.41) is 0. The van der Waals surface area contributed by atoms with E-state index in [1.165, 1.54) is 11.9 Å². The molecule has 1 fully saturated rings. The topological polar surface area (TPSA) is 40.6 Å². The first kappa shape index (κ1) is 10.7. The molecule has 1 heterocycles. The third kappa shape index (κ3) is 1.16. The fourth-order valence-electron chi connectivity index (χ4n) is 2.05. The van der Waals surface area contributed by atoms with Crippen molar-refractivity contribution in [2.75, 3.05) is 14.1 Å². The zero-order valence-corrected chi connectivity index (χ0v) is 9.60. The van der Waals surface area contributed by atoms with Gasteiger partial charge in [-0.2, -0.15) is 0 Å². The third-order valence-corrected chi connectivity index (χ3v) is 3.30. The fraction of sp³-hybridized carbons (Fsp3) is 0.333. The summed E-state index contributed by atoms with van der Waals surface area (Å²) in [5.74, 6) is -0.189. The molecule has 1 saturated heterocycles. The summed E-state index contributed by atoms with van der Waals surface area (Å²) in [6.45, 7) is 1.77. The van der Waals surface area contributed by atoms with Crippen molar-refractivity contribution in [2.45, 2.75) is 12.5 Å². The number of hydrogen-bond acceptors (Lipinski definition) is 2. The van der Waals surface area contributed by atoms with Gasteiger partial charge in [-0.15, -0.1) is 0 Å². The van der Waals surface area contributed by atoms with Gasteiger partial charge in [0.2, 0.25) is 0 Å². The van der Waals surface area contributed by atoms with Crippen LogP contribution in [-0.2, 0) is 10.3 Å². The molecule has 1 aromatic rings. The van der Waals surface area contributed by atoms with E-state index in [1.807, 2.05) is 30.3 Å². The summed E-state index contributed by atoms with van der Waals surface area (Å²) in [7, 11) is 3.16. The Bertz CT molecular complexity index is 444. The van der Waals surface area contributed by atoms with Gasteiger partial charge in [-0.25, -0.2) is 4.79 Å². The van der Waals surface area contributed by atoms with Crippen molar-refractivity contribution in [3.63, 3.8) is 0 Å². The van der Waals surface area contributed by atoms with Crippen LogP contribution in [0.1, 0.15) is 12.5 Å². The average Bonchev–Trinajstić information content (AvgIpc) is 2.47. The molecule has 1 aliphatic rings. The Kier molecular flexibility index (Phi) is 2.22. The molecule has 4 nitrogen and oxygen atoms in total. The second-order valence-corrected chi connectivity index (χ2v) is 4.14. The van der Waals surface area contributed by atoms with Crippen LogP contribution in [0, 0.1) is 0 Å². The maximum absolute atomic E-state index is 12.1. The van der Waals surface area contributed by atoms with E-state index in [0.29, 0.717) is 0 Å². The first-order valence-electron chi connectivity index (χ1n) is 5.11. The number of rotatable bonds is 1. The summed E-state index contributed by atoms with van der Waals surface area (Å²) in [6, 6.07) is 9.07. The van der Waals surface area contributed by atoms with Gasteiger partial charge >= 0.3 is 6.03 Å². The standard InChI is InChI=1S/C12H14N2O2/c1-12(9-7-5-4-6-8-9)10(15)13(2)11(16)14(12)3/h4-8H,1-3H3/t12-/m1/s1. The second-order valence-electron chi connectivity index (χ2n) is 4.14. The smallest absolute Gasteiger partial charge is 0.309 e. The summed E-state index contributed by atoms with van der Waals surface area (Å²) < 4.78 is 0. The highest BCUT2D eigenvalue weighted by Crippen LogP contribution is 2.34. The summed E-state index contributed by atoms with van der Waals surface area (Å²) >= 11 is 0. The number of amides is 3. The molecule has 1 aromatic carbocycles. The molecule has 1 atom stereocenters. The summed E-state index contributed by atoms with van der Waals surface area (Å²) in [4.78, 5) is 26.5. The molecule has 0 N–H and O–H groups in total. The van der Waals surface area contributed by atoms with Crippen LogP contribution in [0.2, 0.25) is 0 Å². The van der Waals surface area contributed by atoms with Crippen LogP contribution in [0.15, 0.2) is 30.3 Å². The Morgan fingerprint density at radius 3 is 2.06 bits per heavy atom. The average molecular weight is 218 g/mol. The second kappa shape index (κ2) is 3.33. The molecular formula is C12H14N2O2. The van der Waals surface area contributed by atoms with E-state index in [0.717, 1.165) is 10.5 Å². The van der Waals surface area contributed by atoms with Crippen molar-refractivity contribution >= 4 is 11.9 Å². The highest BCUT2D eigenvalue weighted by Gasteiger charge is 2.51. The minimum absolute atomic E-state index is 0.189. The predicted molar refractivity (Wildman–Crippen MR) is 59.7 cm³/mol. The van der Waals surface area contributed by atoms with Crippen LogP contribution in [0.3, 0.4) is 0 Å². The van der Waals surface area contributed by atoms with Gasteiger partial charge in [0.05, 0.1) is 0 Å². The molecule has 0 saturated carbocycles. The Morgan fingerprint density at radius 2 is 1.62 bits per heavy atom. The molecule has 2 rings (SSSR count). The van der Waals surface area contributed by atoms with Crippen LogP contribution in [0.5, 0.6) is 0 Å². The van der Waals surface area contributed by atoms with E-state index >= 15 is 0 Å². The highest BCUT2D eigenvalue weighted by molar-refractivity contribution is 6.06. The van der Waals surface area contributed by atoms with E-state index in [4.69, 9.17) is 0 Å². The van der Waals surface area contributed by atoms with Gasteiger partial charge in [0.15, 0.2) is 0 Å². The molecule has 16 heavy (non-hydrogen) atoms. The quantitative estimate of drug-likeness (QED) is 0.669. The molecule has 0 aromatic heterocycles. The number of urea groups is 1. The number of carbonyl (C=O) groups is 2.